The molecule has 2 rings (SSSR count). The normalized spacial score (nSPS) is 17.4. The van der Waals surface area contributed by atoms with E-state index < -0.39 is 12.8 Å². The van der Waals surface area contributed by atoms with Crippen molar-refractivity contribution in [1.82, 2.24) is 15.6 Å². The third-order valence-electron chi connectivity index (χ3n) is 4.03. The number of ether oxygens (including phenoxy) is 3. The molecule has 1 atom stereocenters. The second kappa shape index (κ2) is 12.5. The van der Waals surface area contributed by atoms with Crippen molar-refractivity contribution in [3.63, 3.8) is 0 Å². The molecule has 0 spiro atoms. The Balaban J connectivity index is 1.71. The van der Waals surface area contributed by atoms with E-state index >= 15 is 0 Å². The van der Waals surface area contributed by atoms with Gasteiger partial charge in [-0.1, -0.05) is 0 Å². The molecule has 164 valence electrons. The van der Waals surface area contributed by atoms with Crippen LogP contribution < -0.4 is 15.4 Å². The van der Waals surface area contributed by atoms with Gasteiger partial charge in [0, 0.05) is 38.6 Å². The van der Waals surface area contributed by atoms with Gasteiger partial charge in [-0.15, -0.1) is 0 Å². The van der Waals surface area contributed by atoms with E-state index in [0.717, 1.165) is 25.9 Å². The van der Waals surface area contributed by atoms with Crippen LogP contribution in [0.4, 0.5) is 13.2 Å². The molecule has 1 aromatic rings. The van der Waals surface area contributed by atoms with Crippen molar-refractivity contribution in [3.05, 3.63) is 23.9 Å². The molecule has 7 nitrogen and oxygen atoms in total. The number of hydrogen-bond donors (Lipinski definition) is 2. The third-order valence-corrected chi connectivity index (χ3v) is 4.03. The van der Waals surface area contributed by atoms with Crippen molar-refractivity contribution in [2.75, 3.05) is 39.5 Å². The molecule has 1 fully saturated rings. The molecule has 0 radical (unpaired) electrons. The maximum Gasteiger partial charge on any atom is 0.422 e. The monoisotopic (exact) mass is 418 g/mol. The molecule has 0 aliphatic carbocycles. The van der Waals surface area contributed by atoms with Crippen LogP contribution in [0.1, 0.15) is 31.7 Å². The summed E-state index contributed by atoms with van der Waals surface area (Å²) in [5.41, 5.74) is 0.703. The first-order valence-corrected chi connectivity index (χ1v) is 9.82. The zero-order valence-corrected chi connectivity index (χ0v) is 16.6. The molecule has 1 unspecified atom stereocenters. The van der Waals surface area contributed by atoms with Gasteiger partial charge in [-0.25, -0.2) is 9.98 Å². The van der Waals surface area contributed by atoms with Gasteiger partial charge in [0.25, 0.3) is 0 Å². The number of aromatic nitrogens is 1. The van der Waals surface area contributed by atoms with Crippen LogP contribution in [0.25, 0.3) is 0 Å². The average molecular weight is 418 g/mol. The van der Waals surface area contributed by atoms with Gasteiger partial charge in [-0.3, -0.25) is 0 Å². The van der Waals surface area contributed by atoms with Crippen LogP contribution in [0.2, 0.25) is 0 Å². The van der Waals surface area contributed by atoms with Crippen LogP contribution in [0.15, 0.2) is 23.3 Å². The molecular weight excluding hydrogens is 389 g/mol. The van der Waals surface area contributed by atoms with E-state index in [2.05, 4.69) is 25.3 Å². The SMILES string of the molecule is CCNC(=NCc1ccnc(OCC(F)(F)F)c1)NCCCOCC1CCCO1. The minimum atomic E-state index is -4.40. The smallest absolute Gasteiger partial charge is 0.422 e. The maximum atomic E-state index is 12.2. The number of pyridine rings is 1. The standard InChI is InChI=1S/C19H29F3N4O3/c1-2-23-18(25-7-4-9-27-13-16-5-3-10-28-16)26-12-15-6-8-24-17(11-15)29-14-19(20,21)22/h6,8,11,16H,2-5,7,9-10,12-14H2,1H3,(H2,23,25,26). The van der Waals surface area contributed by atoms with Gasteiger partial charge >= 0.3 is 6.18 Å². The first-order valence-electron chi connectivity index (χ1n) is 9.82. The highest BCUT2D eigenvalue weighted by atomic mass is 19.4. The predicted octanol–water partition coefficient (Wildman–Crippen LogP) is 2.66. The number of halogens is 3. The predicted molar refractivity (Wildman–Crippen MR) is 103 cm³/mol. The highest BCUT2D eigenvalue weighted by Crippen LogP contribution is 2.17. The zero-order chi connectivity index (χ0) is 21.0. The summed E-state index contributed by atoms with van der Waals surface area (Å²) in [6.07, 6.45) is 0.224. The summed E-state index contributed by atoms with van der Waals surface area (Å²) in [4.78, 5) is 8.23. The van der Waals surface area contributed by atoms with Crippen LogP contribution in [-0.4, -0.2) is 62.7 Å². The molecule has 2 heterocycles. The number of nitrogens with one attached hydrogen (secondary N) is 2. The molecule has 1 aliphatic heterocycles. The van der Waals surface area contributed by atoms with E-state index in [1.54, 1.807) is 6.07 Å². The summed E-state index contributed by atoms with van der Waals surface area (Å²) in [6, 6.07) is 3.14. The number of aliphatic imine (C=N–C) groups is 1. The van der Waals surface area contributed by atoms with Crippen LogP contribution in [0, 0.1) is 0 Å². The van der Waals surface area contributed by atoms with Crippen molar-refractivity contribution in [2.45, 2.75) is 45.0 Å². The number of nitrogens with zero attached hydrogens (tertiary/aromatic N) is 2. The number of hydrogen-bond acceptors (Lipinski definition) is 5. The fraction of sp³-hybridized carbons (Fsp3) is 0.684. The highest BCUT2D eigenvalue weighted by molar-refractivity contribution is 5.79. The molecule has 10 heteroatoms. The Morgan fingerprint density at radius 2 is 2.24 bits per heavy atom. The van der Waals surface area contributed by atoms with Gasteiger partial charge in [0.15, 0.2) is 12.6 Å². The largest absolute Gasteiger partial charge is 0.468 e. The molecule has 1 aliphatic rings. The maximum absolute atomic E-state index is 12.2. The highest BCUT2D eigenvalue weighted by Gasteiger charge is 2.28. The lowest BCUT2D eigenvalue weighted by Gasteiger charge is -2.13. The Bertz CT molecular complexity index is 623. The van der Waals surface area contributed by atoms with Crippen molar-refractivity contribution in [1.29, 1.82) is 0 Å². The van der Waals surface area contributed by atoms with Gasteiger partial charge in [-0.2, -0.15) is 13.2 Å². The lowest BCUT2D eigenvalue weighted by atomic mass is 10.2. The molecule has 29 heavy (non-hydrogen) atoms. The van der Waals surface area contributed by atoms with Gasteiger partial charge in [-0.05, 0) is 37.8 Å². The zero-order valence-electron chi connectivity index (χ0n) is 16.6. The summed E-state index contributed by atoms with van der Waals surface area (Å²) in [6.45, 7) is 4.35. The quantitative estimate of drug-likeness (QED) is 0.327. The summed E-state index contributed by atoms with van der Waals surface area (Å²) in [7, 11) is 0. The second-order valence-corrected chi connectivity index (χ2v) is 6.59. The van der Waals surface area contributed by atoms with Crippen LogP contribution in [0.3, 0.4) is 0 Å². The van der Waals surface area contributed by atoms with E-state index in [1.807, 2.05) is 6.92 Å². The van der Waals surface area contributed by atoms with E-state index in [1.165, 1.54) is 12.3 Å². The van der Waals surface area contributed by atoms with Gasteiger partial charge in [0.05, 0.1) is 19.3 Å². The summed E-state index contributed by atoms with van der Waals surface area (Å²) >= 11 is 0. The molecular formula is C19H29F3N4O3. The molecule has 0 amide bonds. The van der Waals surface area contributed by atoms with Crippen molar-refractivity contribution >= 4 is 5.96 Å². The Kier molecular flexibility index (Phi) is 9.99. The number of alkyl halides is 3. The van der Waals surface area contributed by atoms with Crippen molar-refractivity contribution in [2.24, 2.45) is 4.99 Å². The van der Waals surface area contributed by atoms with Gasteiger partial charge in [0.2, 0.25) is 5.88 Å². The Morgan fingerprint density at radius 1 is 1.38 bits per heavy atom. The Labute approximate surface area is 169 Å². The van der Waals surface area contributed by atoms with E-state index in [9.17, 15) is 13.2 Å². The van der Waals surface area contributed by atoms with E-state index in [-0.39, 0.29) is 18.5 Å². The number of guanidine groups is 1. The first kappa shape index (κ1) is 23.2. The summed E-state index contributed by atoms with van der Waals surface area (Å²) in [5, 5.41) is 6.34. The molecule has 0 aromatic carbocycles. The number of rotatable bonds is 11. The average Bonchev–Trinajstić information content (AvgIpc) is 3.20. The van der Waals surface area contributed by atoms with Crippen molar-refractivity contribution < 1.29 is 27.4 Å². The van der Waals surface area contributed by atoms with Crippen LogP contribution >= 0.6 is 0 Å². The van der Waals surface area contributed by atoms with Crippen molar-refractivity contribution in [3.8, 4) is 5.88 Å². The Morgan fingerprint density at radius 3 is 2.97 bits per heavy atom. The molecule has 1 aromatic heterocycles. The molecule has 1 saturated heterocycles. The van der Waals surface area contributed by atoms with E-state index in [4.69, 9.17) is 9.47 Å². The lowest BCUT2D eigenvalue weighted by Crippen LogP contribution is -2.38. The van der Waals surface area contributed by atoms with Gasteiger partial charge in [0.1, 0.15) is 0 Å². The fourth-order valence-electron chi connectivity index (χ4n) is 2.67. The lowest BCUT2D eigenvalue weighted by molar-refractivity contribution is -0.154. The second-order valence-electron chi connectivity index (χ2n) is 6.59. The first-order chi connectivity index (χ1) is 14.0. The van der Waals surface area contributed by atoms with Gasteiger partial charge < -0.3 is 24.8 Å². The van der Waals surface area contributed by atoms with Crippen LogP contribution in [-0.2, 0) is 16.0 Å². The summed E-state index contributed by atoms with van der Waals surface area (Å²) in [5.74, 6) is 0.553. The Hall–Kier alpha value is -2.07. The minimum Gasteiger partial charge on any atom is -0.468 e. The summed E-state index contributed by atoms with van der Waals surface area (Å²) < 4.78 is 52.5. The fourth-order valence-corrected chi connectivity index (χ4v) is 2.67. The molecule has 0 saturated carbocycles. The van der Waals surface area contributed by atoms with Crippen LogP contribution in [0.5, 0.6) is 5.88 Å². The minimum absolute atomic E-state index is 0.0728. The third kappa shape index (κ3) is 10.3. The van der Waals surface area contributed by atoms with E-state index in [0.29, 0.717) is 37.8 Å². The molecule has 0 bridgehead atoms. The topological polar surface area (TPSA) is 77.0 Å². The molecule has 2 N–H and O–H groups in total.